The lowest BCUT2D eigenvalue weighted by Gasteiger charge is -2.47. The van der Waals surface area contributed by atoms with E-state index < -0.39 is 53.7 Å². The zero-order chi connectivity index (χ0) is 33.1. The number of aryl methyl sites for hydroxylation is 1. The van der Waals surface area contributed by atoms with E-state index in [1.807, 2.05) is 0 Å². The van der Waals surface area contributed by atoms with Crippen LogP contribution in [-0.2, 0) is 14.2 Å². The van der Waals surface area contributed by atoms with E-state index in [4.69, 9.17) is 29.1 Å². The van der Waals surface area contributed by atoms with Crippen LogP contribution >= 0.6 is 0 Å². The second kappa shape index (κ2) is 16.7. The summed E-state index contributed by atoms with van der Waals surface area (Å²) in [6.45, 7) is 7.58. The van der Waals surface area contributed by atoms with Gasteiger partial charge in [-0.1, -0.05) is 64.7 Å². The van der Waals surface area contributed by atoms with E-state index in [1.54, 1.807) is 20.8 Å². The van der Waals surface area contributed by atoms with E-state index in [1.165, 1.54) is 64.2 Å². The third kappa shape index (κ3) is 9.47. The van der Waals surface area contributed by atoms with Gasteiger partial charge in [0, 0.05) is 19.2 Å². The molecule has 1 saturated heterocycles. The molecular weight excluding hydrogens is 586 g/mol. The summed E-state index contributed by atoms with van der Waals surface area (Å²) in [5.41, 5.74) is 3.12. The van der Waals surface area contributed by atoms with Gasteiger partial charge in [0.25, 0.3) is 0 Å². The standard InChI is InChI=1S/C32H49N3O10/c1-6-7-8-9-10-11-12-13-14-15-18-34-31(40)35-22-23(36)20-16-17-21(19(2)25(20)43-28(22)38)42-29-24(37)26(44-30(33)39)27(41-5)32(3,4)45-29/h16-17,24,26-27,29,36-37H,6-15,18H2,1-5H3,(H2,33,39)(H2,34,35,40)/t24-,26+,27-,29-/m1/s1. The summed E-state index contributed by atoms with van der Waals surface area (Å²) in [6.07, 6.45) is 5.78. The number of carbonyl (C=O) groups excluding carboxylic acids is 2. The average Bonchev–Trinajstić information content (AvgIpc) is 2.97. The number of methoxy groups -OCH3 is 1. The fourth-order valence-corrected chi connectivity index (χ4v) is 5.64. The van der Waals surface area contributed by atoms with Gasteiger partial charge in [-0.05, 0) is 39.3 Å². The third-order valence-corrected chi connectivity index (χ3v) is 8.07. The summed E-state index contributed by atoms with van der Waals surface area (Å²) in [4.78, 5) is 36.8. The van der Waals surface area contributed by atoms with Crippen molar-refractivity contribution in [2.45, 2.75) is 122 Å². The van der Waals surface area contributed by atoms with Gasteiger partial charge in [0.1, 0.15) is 17.4 Å². The molecule has 6 N–H and O–H groups in total. The lowest BCUT2D eigenvalue weighted by Crippen LogP contribution is -2.65. The Morgan fingerprint density at radius 1 is 1.04 bits per heavy atom. The van der Waals surface area contributed by atoms with Crippen molar-refractivity contribution >= 4 is 28.8 Å². The number of aliphatic hydroxyl groups excluding tert-OH is 1. The molecule has 13 heteroatoms. The van der Waals surface area contributed by atoms with E-state index in [0.717, 1.165) is 19.3 Å². The van der Waals surface area contributed by atoms with Crippen molar-refractivity contribution in [1.82, 2.24) is 5.32 Å². The van der Waals surface area contributed by atoms with Crippen LogP contribution in [-0.4, -0.2) is 66.2 Å². The quantitative estimate of drug-likeness (QED) is 0.121. The zero-order valence-corrected chi connectivity index (χ0v) is 27.0. The summed E-state index contributed by atoms with van der Waals surface area (Å²) < 4.78 is 27.9. The van der Waals surface area contributed by atoms with Gasteiger partial charge < -0.3 is 44.6 Å². The highest BCUT2D eigenvalue weighted by Crippen LogP contribution is 2.38. The SMILES string of the molecule is CCCCCCCCCCCCNC(=O)Nc1c(O)c2ccc(O[C@@H]3OC(C)(C)[C@H](OC)[C@@H](OC(N)=O)[C@H]3O)c(C)c2oc1=O. The molecule has 1 aromatic heterocycles. The van der Waals surface area contributed by atoms with Crippen molar-refractivity contribution in [3.8, 4) is 11.5 Å². The van der Waals surface area contributed by atoms with Crippen molar-refractivity contribution < 1.29 is 43.2 Å². The second-order valence-electron chi connectivity index (χ2n) is 12.0. The Bertz CT molecular complexity index is 1340. The maximum absolute atomic E-state index is 12.8. The minimum absolute atomic E-state index is 0.00980. The normalized spacial score (nSPS) is 20.9. The van der Waals surface area contributed by atoms with Gasteiger partial charge in [-0.3, -0.25) is 5.32 Å². The zero-order valence-electron chi connectivity index (χ0n) is 27.0. The maximum Gasteiger partial charge on any atom is 0.404 e. The van der Waals surface area contributed by atoms with Crippen LogP contribution in [0.25, 0.3) is 11.0 Å². The number of hydrogen-bond acceptors (Lipinski definition) is 10. The number of benzene rings is 1. The number of ether oxygens (including phenoxy) is 4. The molecule has 0 saturated carbocycles. The average molecular weight is 636 g/mol. The van der Waals surface area contributed by atoms with Crippen LogP contribution < -0.4 is 26.7 Å². The summed E-state index contributed by atoms with van der Waals surface area (Å²) in [5.74, 6) is -0.300. The lowest BCUT2D eigenvalue weighted by molar-refractivity contribution is -0.304. The molecule has 13 nitrogen and oxygen atoms in total. The molecule has 2 heterocycles. The molecular formula is C32H49N3O10. The Kier molecular flexibility index (Phi) is 13.3. The van der Waals surface area contributed by atoms with E-state index in [2.05, 4.69) is 17.6 Å². The number of rotatable bonds is 16. The number of amides is 3. The van der Waals surface area contributed by atoms with Gasteiger partial charge in [-0.2, -0.15) is 0 Å². The fourth-order valence-electron chi connectivity index (χ4n) is 5.64. The number of primary amides is 1. The molecule has 0 spiro atoms. The summed E-state index contributed by atoms with van der Waals surface area (Å²) >= 11 is 0. The van der Waals surface area contributed by atoms with Gasteiger partial charge >= 0.3 is 17.7 Å². The molecule has 3 rings (SSSR count). The summed E-state index contributed by atoms with van der Waals surface area (Å²) in [7, 11) is 1.38. The molecule has 1 fully saturated rings. The predicted octanol–water partition coefficient (Wildman–Crippen LogP) is 5.20. The molecule has 0 aliphatic carbocycles. The second-order valence-corrected chi connectivity index (χ2v) is 12.0. The Hall–Kier alpha value is -3.55. The highest BCUT2D eigenvalue weighted by atomic mass is 16.7. The fraction of sp³-hybridized carbons (Fsp3) is 0.656. The van der Waals surface area contributed by atoms with Crippen molar-refractivity contribution in [2.24, 2.45) is 5.73 Å². The van der Waals surface area contributed by atoms with Gasteiger partial charge in [-0.25, -0.2) is 14.4 Å². The highest BCUT2D eigenvalue weighted by Gasteiger charge is 2.53. The molecule has 1 aliphatic rings. The Balaban J connectivity index is 1.62. The number of urea groups is 1. The van der Waals surface area contributed by atoms with Gasteiger partial charge in [0.2, 0.25) is 6.29 Å². The molecule has 1 aliphatic heterocycles. The topological polar surface area (TPSA) is 192 Å². The number of hydrogen-bond donors (Lipinski definition) is 5. The van der Waals surface area contributed by atoms with E-state index >= 15 is 0 Å². The number of aliphatic hydroxyl groups is 1. The predicted molar refractivity (Wildman–Crippen MR) is 169 cm³/mol. The van der Waals surface area contributed by atoms with Crippen LogP contribution in [0.1, 0.15) is 90.5 Å². The number of nitrogens with one attached hydrogen (secondary N) is 2. The number of nitrogens with two attached hydrogens (primary N) is 1. The van der Waals surface area contributed by atoms with Crippen LogP contribution in [0.15, 0.2) is 21.3 Å². The molecule has 1 aromatic carbocycles. The van der Waals surface area contributed by atoms with Crippen molar-refractivity contribution in [2.75, 3.05) is 19.0 Å². The van der Waals surface area contributed by atoms with Crippen LogP contribution in [0.5, 0.6) is 11.5 Å². The Morgan fingerprint density at radius 2 is 1.67 bits per heavy atom. The van der Waals surface area contributed by atoms with E-state index in [9.17, 15) is 24.6 Å². The molecule has 2 aromatic rings. The van der Waals surface area contributed by atoms with Gasteiger partial charge in [0.05, 0.1) is 11.0 Å². The third-order valence-electron chi connectivity index (χ3n) is 8.07. The van der Waals surface area contributed by atoms with E-state index in [0.29, 0.717) is 12.1 Å². The Morgan fingerprint density at radius 3 is 2.27 bits per heavy atom. The molecule has 0 radical (unpaired) electrons. The highest BCUT2D eigenvalue weighted by molar-refractivity contribution is 5.97. The first-order valence-corrected chi connectivity index (χ1v) is 15.8. The molecule has 0 bridgehead atoms. The number of unbranched alkanes of at least 4 members (excludes halogenated alkanes) is 9. The lowest BCUT2D eigenvalue weighted by atomic mass is 9.89. The molecule has 45 heavy (non-hydrogen) atoms. The minimum Gasteiger partial charge on any atom is -0.505 e. The Labute approximate surface area is 263 Å². The molecule has 4 atom stereocenters. The minimum atomic E-state index is -1.49. The maximum atomic E-state index is 12.8. The van der Waals surface area contributed by atoms with Crippen molar-refractivity contribution in [1.29, 1.82) is 0 Å². The van der Waals surface area contributed by atoms with Crippen LogP contribution in [0.4, 0.5) is 15.3 Å². The summed E-state index contributed by atoms with van der Waals surface area (Å²) in [6, 6.07) is 2.30. The van der Waals surface area contributed by atoms with Gasteiger partial charge in [-0.15, -0.1) is 0 Å². The number of fused-ring (bicyclic) bond motifs is 1. The van der Waals surface area contributed by atoms with E-state index in [-0.39, 0.29) is 22.4 Å². The molecule has 0 unspecified atom stereocenters. The smallest absolute Gasteiger partial charge is 0.404 e. The van der Waals surface area contributed by atoms with Crippen molar-refractivity contribution in [3.05, 3.63) is 28.1 Å². The first-order chi connectivity index (χ1) is 21.4. The largest absolute Gasteiger partial charge is 0.505 e. The summed E-state index contributed by atoms with van der Waals surface area (Å²) in [5, 5.41) is 27.1. The molecule has 3 amide bonds. The molecule has 252 valence electrons. The van der Waals surface area contributed by atoms with Crippen LogP contribution in [0.2, 0.25) is 0 Å². The van der Waals surface area contributed by atoms with Crippen LogP contribution in [0, 0.1) is 6.92 Å². The number of aromatic hydroxyl groups is 1. The van der Waals surface area contributed by atoms with Crippen molar-refractivity contribution in [3.63, 3.8) is 0 Å². The number of anilines is 1. The van der Waals surface area contributed by atoms with Crippen LogP contribution in [0.3, 0.4) is 0 Å². The monoisotopic (exact) mass is 635 g/mol. The first-order valence-electron chi connectivity index (χ1n) is 15.8. The van der Waals surface area contributed by atoms with Gasteiger partial charge in [0.15, 0.2) is 23.6 Å². The first kappa shape index (κ1) is 35.9. The number of carbonyl (C=O) groups is 2.